The Morgan fingerprint density at radius 1 is 0.633 bits per heavy atom. The summed E-state index contributed by atoms with van der Waals surface area (Å²) >= 11 is 0. The molecule has 6 nitrogen and oxygen atoms in total. The second kappa shape index (κ2) is 10.2. The van der Waals surface area contributed by atoms with E-state index >= 15 is 0 Å². The molecule has 0 N–H and O–H groups in total. The summed E-state index contributed by atoms with van der Waals surface area (Å²) in [6.45, 7) is 0. The van der Waals surface area contributed by atoms with Crippen molar-refractivity contribution in [3.8, 4) is 11.5 Å². The topological polar surface area (TPSA) is 71.1 Å². The van der Waals surface area contributed by atoms with Crippen LogP contribution in [-0.4, -0.2) is 36.4 Å². The minimum Gasteiger partial charge on any atom is -0.470 e. The maximum Gasteiger partial charge on any atom is 0.352 e. The summed E-state index contributed by atoms with van der Waals surface area (Å²) in [5.74, 6) is -0.198. The lowest BCUT2D eigenvalue weighted by Gasteiger charge is -2.32. The van der Waals surface area contributed by atoms with Crippen molar-refractivity contribution < 1.29 is 28.5 Å². The molecule has 1 aromatic rings. The van der Waals surface area contributed by atoms with Gasteiger partial charge < -0.3 is 18.9 Å². The monoisotopic (exact) mass is 416 g/mol. The van der Waals surface area contributed by atoms with Crippen LogP contribution in [0.25, 0.3) is 0 Å². The third-order valence-corrected chi connectivity index (χ3v) is 6.27. The molecule has 0 amide bonds. The smallest absolute Gasteiger partial charge is 0.352 e. The van der Waals surface area contributed by atoms with Crippen LogP contribution in [0.4, 0.5) is 0 Å². The van der Waals surface area contributed by atoms with Crippen LogP contribution < -0.4 is 9.47 Å². The fourth-order valence-electron chi connectivity index (χ4n) is 4.57. The lowest BCUT2D eigenvalue weighted by Crippen LogP contribution is -2.52. The summed E-state index contributed by atoms with van der Waals surface area (Å²) in [4.78, 5) is 26.0. The molecule has 3 aliphatic rings. The minimum atomic E-state index is -1.15. The van der Waals surface area contributed by atoms with Gasteiger partial charge in [-0.1, -0.05) is 37.8 Å². The molecule has 164 valence electrons. The summed E-state index contributed by atoms with van der Waals surface area (Å²) in [5.41, 5.74) is 0. The Balaban J connectivity index is 1.47. The summed E-state index contributed by atoms with van der Waals surface area (Å²) in [7, 11) is 0. The van der Waals surface area contributed by atoms with E-state index in [2.05, 4.69) is 0 Å². The Hall–Kier alpha value is -2.24. The molecular weight excluding hydrogens is 384 g/mol. The zero-order valence-corrected chi connectivity index (χ0v) is 17.6. The van der Waals surface area contributed by atoms with Gasteiger partial charge >= 0.3 is 11.9 Å². The molecule has 1 aliphatic heterocycles. The van der Waals surface area contributed by atoms with E-state index in [4.69, 9.17) is 18.9 Å². The first-order chi connectivity index (χ1) is 14.7. The molecule has 0 spiro atoms. The molecule has 2 aliphatic carbocycles. The van der Waals surface area contributed by atoms with Crippen LogP contribution in [0.15, 0.2) is 24.3 Å². The van der Waals surface area contributed by atoms with Gasteiger partial charge in [-0.05, 0) is 63.5 Å². The van der Waals surface area contributed by atoms with Gasteiger partial charge in [0.2, 0.25) is 12.2 Å². The van der Waals surface area contributed by atoms with Crippen LogP contribution in [0.5, 0.6) is 11.5 Å². The van der Waals surface area contributed by atoms with E-state index in [-0.39, 0.29) is 12.2 Å². The highest BCUT2D eigenvalue weighted by molar-refractivity contribution is 5.87. The number of carbonyl (C=O) groups is 2. The van der Waals surface area contributed by atoms with Gasteiger partial charge in [-0.25, -0.2) is 9.59 Å². The highest BCUT2D eigenvalue weighted by Crippen LogP contribution is 2.35. The van der Waals surface area contributed by atoms with Crippen molar-refractivity contribution in [3.05, 3.63) is 24.3 Å². The molecule has 0 radical (unpaired) electrons. The van der Waals surface area contributed by atoms with E-state index < -0.39 is 24.1 Å². The van der Waals surface area contributed by atoms with Crippen molar-refractivity contribution in [1.82, 2.24) is 0 Å². The molecule has 1 heterocycles. The summed E-state index contributed by atoms with van der Waals surface area (Å²) in [6.07, 6.45) is 9.74. The molecule has 2 fully saturated rings. The van der Waals surface area contributed by atoms with E-state index in [9.17, 15) is 9.59 Å². The number of para-hydroxylation sites is 2. The maximum absolute atomic E-state index is 13.0. The molecule has 0 aromatic heterocycles. The number of carbonyl (C=O) groups excluding carboxylic acids is 2. The summed E-state index contributed by atoms with van der Waals surface area (Å²) < 4.78 is 23.4. The third kappa shape index (κ3) is 5.27. The highest BCUT2D eigenvalue weighted by atomic mass is 16.6. The minimum absolute atomic E-state index is 0.126. The zero-order chi connectivity index (χ0) is 20.8. The largest absolute Gasteiger partial charge is 0.470 e. The Morgan fingerprint density at radius 2 is 1.00 bits per heavy atom. The van der Waals surface area contributed by atoms with Crippen molar-refractivity contribution in [2.24, 2.45) is 0 Å². The van der Waals surface area contributed by atoms with Gasteiger partial charge in [0.1, 0.15) is 12.2 Å². The van der Waals surface area contributed by atoms with Crippen molar-refractivity contribution in [2.45, 2.75) is 101 Å². The lowest BCUT2D eigenvalue weighted by molar-refractivity contribution is -0.178. The fraction of sp³-hybridized carbons (Fsp3) is 0.667. The van der Waals surface area contributed by atoms with Crippen molar-refractivity contribution >= 4 is 11.9 Å². The lowest BCUT2D eigenvalue weighted by atomic mass is 10.1. The fourth-order valence-corrected chi connectivity index (χ4v) is 4.57. The van der Waals surface area contributed by atoms with Crippen LogP contribution in [0, 0.1) is 0 Å². The van der Waals surface area contributed by atoms with Crippen LogP contribution in [-0.2, 0) is 19.1 Å². The van der Waals surface area contributed by atoms with Crippen LogP contribution in [0.3, 0.4) is 0 Å². The number of fused-ring (bicyclic) bond motifs is 1. The zero-order valence-electron chi connectivity index (χ0n) is 17.6. The Kier molecular flexibility index (Phi) is 7.13. The quantitative estimate of drug-likeness (QED) is 0.522. The number of esters is 2. The van der Waals surface area contributed by atoms with E-state index in [1.165, 1.54) is 25.7 Å². The Labute approximate surface area is 178 Å². The molecule has 2 atom stereocenters. The van der Waals surface area contributed by atoms with E-state index in [0.717, 1.165) is 51.4 Å². The molecule has 30 heavy (non-hydrogen) atoms. The number of rotatable bonds is 4. The Morgan fingerprint density at radius 3 is 1.37 bits per heavy atom. The second-order valence-corrected chi connectivity index (χ2v) is 8.62. The van der Waals surface area contributed by atoms with E-state index in [0.29, 0.717) is 11.5 Å². The van der Waals surface area contributed by atoms with Crippen molar-refractivity contribution in [2.75, 3.05) is 0 Å². The van der Waals surface area contributed by atoms with Crippen LogP contribution in [0.2, 0.25) is 0 Å². The van der Waals surface area contributed by atoms with Gasteiger partial charge in [0.15, 0.2) is 11.5 Å². The van der Waals surface area contributed by atoms with Crippen molar-refractivity contribution in [3.63, 3.8) is 0 Å². The molecular formula is C24H32O6. The van der Waals surface area contributed by atoms with E-state index in [1.807, 2.05) is 0 Å². The summed E-state index contributed by atoms with van der Waals surface area (Å²) in [6, 6.07) is 7.07. The number of hydrogen-bond acceptors (Lipinski definition) is 6. The third-order valence-electron chi connectivity index (χ3n) is 6.27. The first kappa shape index (κ1) is 21.0. The highest BCUT2D eigenvalue weighted by Gasteiger charge is 2.45. The van der Waals surface area contributed by atoms with Crippen LogP contribution >= 0.6 is 0 Å². The predicted molar refractivity (Wildman–Crippen MR) is 110 cm³/mol. The standard InChI is InChI=1S/C24H32O6/c25-23(27-17-11-5-1-2-6-12-17)21-22(30-20-16-10-9-15-19(20)29-21)24(26)28-18-13-7-3-4-8-14-18/h9-10,15-18,21-22H,1-8,11-14H2. The van der Waals surface area contributed by atoms with Gasteiger partial charge in [0.25, 0.3) is 0 Å². The molecule has 1 aromatic carbocycles. The van der Waals surface area contributed by atoms with Gasteiger partial charge in [-0.3, -0.25) is 0 Å². The number of hydrogen-bond donors (Lipinski definition) is 0. The first-order valence-electron chi connectivity index (χ1n) is 11.5. The SMILES string of the molecule is O=C(OC1CCCCCC1)C1Oc2ccccc2OC1C(=O)OC1CCCCCC1. The second-order valence-electron chi connectivity index (χ2n) is 8.62. The van der Waals surface area contributed by atoms with E-state index in [1.54, 1.807) is 24.3 Å². The number of benzene rings is 1. The van der Waals surface area contributed by atoms with Crippen molar-refractivity contribution in [1.29, 1.82) is 0 Å². The van der Waals surface area contributed by atoms with Gasteiger partial charge in [0, 0.05) is 0 Å². The molecule has 2 saturated carbocycles. The predicted octanol–water partition coefficient (Wildman–Crippen LogP) is 4.73. The summed E-state index contributed by atoms with van der Waals surface area (Å²) in [5, 5.41) is 0. The molecule has 0 bridgehead atoms. The molecule has 0 saturated heterocycles. The van der Waals surface area contributed by atoms with Gasteiger partial charge in [-0.15, -0.1) is 0 Å². The molecule has 2 unspecified atom stereocenters. The first-order valence-corrected chi connectivity index (χ1v) is 11.5. The maximum atomic E-state index is 13.0. The molecule has 4 rings (SSSR count). The normalized spacial score (nSPS) is 25.6. The van der Waals surface area contributed by atoms with Crippen LogP contribution in [0.1, 0.15) is 77.0 Å². The van der Waals surface area contributed by atoms with Gasteiger partial charge in [0.05, 0.1) is 0 Å². The average Bonchev–Trinajstić information content (AvgIpc) is 3.18. The van der Waals surface area contributed by atoms with Gasteiger partial charge in [-0.2, -0.15) is 0 Å². The number of ether oxygens (including phenoxy) is 4. The average molecular weight is 417 g/mol. The molecule has 6 heteroatoms. The Bertz CT molecular complexity index is 655.